The van der Waals surface area contributed by atoms with Crippen molar-refractivity contribution >= 4 is 27.8 Å². The first-order chi connectivity index (χ1) is 6.59. The van der Waals surface area contributed by atoms with Crippen molar-refractivity contribution in [3.63, 3.8) is 0 Å². The van der Waals surface area contributed by atoms with Crippen LogP contribution in [0.3, 0.4) is 0 Å². The van der Waals surface area contributed by atoms with E-state index in [4.69, 9.17) is 5.11 Å². The van der Waals surface area contributed by atoms with E-state index >= 15 is 0 Å². The first kappa shape index (κ1) is 9.21. The molecule has 2 N–H and O–H groups in total. The highest BCUT2D eigenvalue weighted by atomic mass is 79.9. The van der Waals surface area contributed by atoms with Crippen LogP contribution in [0.15, 0.2) is 16.6 Å². The maximum Gasteiger partial charge on any atom is 0.335 e. The lowest BCUT2D eigenvalue weighted by molar-refractivity contribution is 0.0697. The SMILES string of the molecule is O=C(O)c1cc(Br)c2c(c1)C(=O)NC2. The number of hydrogen-bond acceptors (Lipinski definition) is 2. The van der Waals surface area contributed by atoms with Gasteiger partial charge in [0.05, 0.1) is 5.56 Å². The molecule has 4 nitrogen and oxygen atoms in total. The summed E-state index contributed by atoms with van der Waals surface area (Å²) in [6, 6.07) is 2.90. The number of amides is 1. The van der Waals surface area contributed by atoms with Crippen molar-refractivity contribution in [1.29, 1.82) is 0 Å². The van der Waals surface area contributed by atoms with Gasteiger partial charge in [-0.2, -0.15) is 0 Å². The largest absolute Gasteiger partial charge is 0.478 e. The number of nitrogens with one attached hydrogen (secondary N) is 1. The fourth-order valence-electron chi connectivity index (χ4n) is 1.41. The predicted molar refractivity (Wildman–Crippen MR) is 52.3 cm³/mol. The maximum atomic E-state index is 11.3. The van der Waals surface area contributed by atoms with Gasteiger partial charge in [-0.25, -0.2) is 4.79 Å². The van der Waals surface area contributed by atoms with Gasteiger partial charge in [-0.3, -0.25) is 4.79 Å². The standard InChI is InChI=1S/C9H6BrNO3/c10-7-2-4(9(13)14)1-5-6(7)3-11-8(5)12/h1-2H,3H2,(H,11,12)(H,13,14). The Morgan fingerprint density at radius 1 is 1.50 bits per heavy atom. The van der Waals surface area contributed by atoms with Crippen molar-refractivity contribution in [1.82, 2.24) is 5.32 Å². The van der Waals surface area contributed by atoms with Gasteiger partial charge in [0.15, 0.2) is 0 Å². The number of benzene rings is 1. The molecule has 0 bridgehead atoms. The molecule has 1 amide bonds. The molecule has 0 aliphatic carbocycles. The lowest BCUT2D eigenvalue weighted by Gasteiger charge is -2.01. The third-order valence-corrected chi connectivity index (χ3v) is 2.82. The van der Waals surface area contributed by atoms with Crippen LogP contribution in [0.2, 0.25) is 0 Å². The van der Waals surface area contributed by atoms with Crippen LogP contribution < -0.4 is 5.32 Å². The molecule has 72 valence electrons. The van der Waals surface area contributed by atoms with E-state index in [1.807, 2.05) is 0 Å². The van der Waals surface area contributed by atoms with Gasteiger partial charge >= 0.3 is 5.97 Å². The van der Waals surface area contributed by atoms with E-state index in [0.29, 0.717) is 16.6 Å². The van der Waals surface area contributed by atoms with E-state index in [1.165, 1.54) is 12.1 Å². The Bertz CT molecular complexity index is 442. The van der Waals surface area contributed by atoms with Crippen LogP contribution in [0.4, 0.5) is 0 Å². The van der Waals surface area contributed by atoms with Gasteiger partial charge < -0.3 is 10.4 Å². The van der Waals surface area contributed by atoms with E-state index in [-0.39, 0.29) is 11.5 Å². The zero-order chi connectivity index (χ0) is 10.3. The zero-order valence-corrected chi connectivity index (χ0v) is 8.59. The first-order valence-corrected chi connectivity index (χ1v) is 4.73. The highest BCUT2D eigenvalue weighted by Crippen LogP contribution is 2.26. The summed E-state index contributed by atoms with van der Waals surface area (Å²) in [5.74, 6) is -1.25. The molecule has 0 fully saturated rings. The Kier molecular flexibility index (Phi) is 2.03. The molecule has 0 saturated heterocycles. The van der Waals surface area contributed by atoms with Gasteiger partial charge in [0.25, 0.3) is 5.91 Å². The average molecular weight is 256 g/mol. The number of fused-ring (bicyclic) bond motifs is 1. The van der Waals surface area contributed by atoms with Crippen LogP contribution in [0.1, 0.15) is 26.3 Å². The molecule has 0 radical (unpaired) electrons. The number of halogens is 1. The number of hydrogen-bond donors (Lipinski definition) is 2. The van der Waals surface area contributed by atoms with Crippen LogP contribution in [0, 0.1) is 0 Å². The number of carboxylic acids is 1. The lowest BCUT2D eigenvalue weighted by Crippen LogP contribution is -2.12. The molecule has 0 unspecified atom stereocenters. The molecule has 1 aromatic carbocycles. The predicted octanol–water partition coefficient (Wildman–Crippen LogP) is 1.39. The molecule has 1 heterocycles. The van der Waals surface area contributed by atoms with Crippen molar-refractivity contribution in [2.24, 2.45) is 0 Å². The smallest absolute Gasteiger partial charge is 0.335 e. The second-order valence-electron chi connectivity index (χ2n) is 2.97. The van der Waals surface area contributed by atoms with Gasteiger partial charge in [0.1, 0.15) is 0 Å². The average Bonchev–Trinajstić information content (AvgIpc) is 2.48. The van der Waals surface area contributed by atoms with E-state index in [1.54, 1.807) is 0 Å². The van der Waals surface area contributed by atoms with Crippen molar-refractivity contribution < 1.29 is 14.7 Å². The number of carbonyl (C=O) groups is 2. The van der Waals surface area contributed by atoms with Crippen LogP contribution in [0.25, 0.3) is 0 Å². The normalized spacial score (nSPS) is 13.6. The molecule has 1 aliphatic rings. The minimum atomic E-state index is -1.03. The Morgan fingerprint density at radius 2 is 2.21 bits per heavy atom. The molecule has 0 saturated carbocycles. The number of rotatable bonds is 1. The fourth-order valence-corrected chi connectivity index (χ4v) is 2.01. The first-order valence-electron chi connectivity index (χ1n) is 3.93. The lowest BCUT2D eigenvalue weighted by atomic mass is 10.1. The number of aromatic carboxylic acids is 1. The summed E-state index contributed by atoms with van der Waals surface area (Å²) < 4.78 is 0.658. The summed E-state index contributed by atoms with van der Waals surface area (Å²) in [6.45, 7) is 0.453. The molecule has 0 aromatic heterocycles. The van der Waals surface area contributed by atoms with Gasteiger partial charge in [0, 0.05) is 16.6 Å². The van der Waals surface area contributed by atoms with E-state index in [0.717, 1.165) is 5.56 Å². The molecule has 1 aromatic rings. The molecular weight excluding hydrogens is 250 g/mol. The van der Waals surface area contributed by atoms with Crippen LogP contribution in [-0.4, -0.2) is 17.0 Å². The summed E-state index contributed by atoms with van der Waals surface area (Å²) in [5.41, 5.74) is 1.38. The zero-order valence-electron chi connectivity index (χ0n) is 7.00. The minimum Gasteiger partial charge on any atom is -0.478 e. The van der Waals surface area contributed by atoms with E-state index in [2.05, 4.69) is 21.2 Å². The van der Waals surface area contributed by atoms with Crippen molar-refractivity contribution in [3.8, 4) is 0 Å². The molecule has 14 heavy (non-hydrogen) atoms. The molecule has 0 spiro atoms. The summed E-state index contributed by atoms with van der Waals surface area (Å²) >= 11 is 3.24. The van der Waals surface area contributed by atoms with Gasteiger partial charge in [-0.1, -0.05) is 15.9 Å². The Hall–Kier alpha value is -1.36. The quantitative estimate of drug-likeness (QED) is 0.797. The van der Waals surface area contributed by atoms with Crippen LogP contribution in [0.5, 0.6) is 0 Å². The van der Waals surface area contributed by atoms with Gasteiger partial charge in [-0.05, 0) is 17.7 Å². The topological polar surface area (TPSA) is 66.4 Å². The van der Waals surface area contributed by atoms with Crippen molar-refractivity contribution in [2.75, 3.05) is 0 Å². The molecule has 0 atom stereocenters. The maximum absolute atomic E-state index is 11.3. The highest BCUT2D eigenvalue weighted by Gasteiger charge is 2.23. The number of carbonyl (C=O) groups excluding carboxylic acids is 1. The van der Waals surface area contributed by atoms with Crippen molar-refractivity contribution in [2.45, 2.75) is 6.54 Å². The summed E-state index contributed by atoms with van der Waals surface area (Å²) in [7, 11) is 0. The molecule has 5 heteroatoms. The van der Waals surface area contributed by atoms with Gasteiger partial charge in [0.2, 0.25) is 0 Å². The number of carboxylic acid groups (broad SMARTS) is 1. The summed E-state index contributed by atoms with van der Waals surface area (Å²) in [6.07, 6.45) is 0. The third-order valence-electron chi connectivity index (χ3n) is 2.11. The Labute approximate surface area is 88.1 Å². The molecule has 1 aliphatic heterocycles. The third kappa shape index (κ3) is 1.29. The summed E-state index contributed by atoms with van der Waals surface area (Å²) in [5, 5.41) is 11.4. The molecular formula is C9H6BrNO3. The Morgan fingerprint density at radius 3 is 2.86 bits per heavy atom. The van der Waals surface area contributed by atoms with Crippen molar-refractivity contribution in [3.05, 3.63) is 33.3 Å². The van der Waals surface area contributed by atoms with E-state index < -0.39 is 5.97 Å². The summed E-state index contributed by atoms with van der Waals surface area (Å²) in [4.78, 5) is 22.0. The van der Waals surface area contributed by atoms with Crippen LogP contribution >= 0.6 is 15.9 Å². The second kappa shape index (κ2) is 3.09. The molecule has 2 rings (SSSR count). The van der Waals surface area contributed by atoms with E-state index in [9.17, 15) is 9.59 Å². The Balaban J connectivity index is 2.64. The van der Waals surface area contributed by atoms with Gasteiger partial charge in [-0.15, -0.1) is 0 Å². The highest BCUT2D eigenvalue weighted by molar-refractivity contribution is 9.10. The second-order valence-corrected chi connectivity index (χ2v) is 3.83. The minimum absolute atomic E-state index is 0.118. The fraction of sp³-hybridized carbons (Fsp3) is 0.111. The van der Waals surface area contributed by atoms with Crippen LogP contribution in [-0.2, 0) is 6.54 Å². The monoisotopic (exact) mass is 255 g/mol.